The second-order valence-electron chi connectivity index (χ2n) is 10.3. The lowest BCUT2D eigenvalue weighted by molar-refractivity contribution is 0.0702. The second-order valence-corrected chi connectivity index (χ2v) is 13.3. The number of anilines is 1. The first-order chi connectivity index (χ1) is 20.2. The van der Waals surface area contributed by atoms with E-state index in [0.717, 1.165) is 56.9 Å². The first-order valence-corrected chi connectivity index (χ1v) is 16.2. The van der Waals surface area contributed by atoms with Crippen LogP contribution in [0.5, 0.6) is 5.75 Å². The Kier molecular flexibility index (Phi) is 8.84. The van der Waals surface area contributed by atoms with Gasteiger partial charge in [-0.3, -0.25) is 0 Å². The number of halogens is 1. The summed E-state index contributed by atoms with van der Waals surface area (Å²) in [6.45, 7) is 2.91. The van der Waals surface area contributed by atoms with E-state index in [0.29, 0.717) is 23.8 Å². The number of carbonyl (C=O) groups is 1. The van der Waals surface area contributed by atoms with E-state index >= 15 is 0 Å². The molecule has 43 heavy (non-hydrogen) atoms. The Morgan fingerprint density at radius 3 is 2.33 bits per heavy atom. The van der Waals surface area contributed by atoms with E-state index in [2.05, 4.69) is 4.90 Å². The van der Waals surface area contributed by atoms with Crippen molar-refractivity contribution >= 4 is 55.5 Å². The molecule has 1 fully saturated rings. The predicted molar refractivity (Wildman–Crippen MR) is 173 cm³/mol. The number of aromatic nitrogens is 1. The van der Waals surface area contributed by atoms with E-state index in [4.69, 9.17) is 9.47 Å². The van der Waals surface area contributed by atoms with Crippen LogP contribution in [-0.2, 0) is 28.2 Å². The fraction of sp³-hybridized carbons (Fsp3) is 0.219. The maximum absolute atomic E-state index is 12.3. The highest BCUT2D eigenvalue weighted by atomic mass is 35.5. The quantitative estimate of drug-likeness (QED) is 0.207. The number of sulfone groups is 1. The molecule has 8 nitrogen and oxygen atoms in total. The standard InChI is InChI=1S/C32H30N2O6S2.ClH/c1-33-27-19-28(32(35)36)41-31(27)29(21-6-4-3-5-7-21)30(33)22-8-10-24(11-9-22)40-20-23-18-25(42(2,37)38)12-13-26(23)34-14-16-39-17-15-34;/h3-13,18-19H,14-17,20H2,1-2H3,(H,35,36);1H. The van der Waals surface area contributed by atoms with Crippen molar-refractivity contribution in [1.29, 1.82) is 0 Å². The second kappa shape index (κ2) is 12.4. The van der Waals surface area contributed by atoms with Crippen molar-refractivity contribution in [2.75, 3.05) is 37.5 Å². The molecule has 224 valence electrons. The molecule has 0 amide bonds. The van der Waals surface area contributed by atoms with Crippen LogP contribution in [0.4, 0.5) is 5.69 Å². The maximum atomic E-state index is 12.3. The van der Waals surface area contributed by atoms with Crippen LogP contribution in [0, 0.1) is 0 Å². The van der Waals surface area contributed by atoms with Gasteiger partial charge >= 0.3 is 5.97 Å². The van der Waals surface area contributed by atoms with Gasteiger partial charge in [0.1, 0.15) is 17.2 Å². The minimum atomic E-state index is -3.37. The third-order valence-corrected chi connectivity index (χ3v) is 9.74. The molecule has 1 saturated heterocycles. The number of morpholine rings is 1. The highest BCUT2D eigenvalue weighted by Gasteiger charge is 2.23. The molecule has 0 atom stereocenters. The average molecular weight is 639 g/mol. The fourth-order valence-electron chi connectivity index (χ4n) is 5.41. The summed E-state index contributed by atoms with van der Waals surface area (Å²) in [5.74, 6) is -0.279. The summed E-state index contributed by atoms with van der Waals surface area (Å²) in [6.07, 6.45) is 1.21. The van der Waals surface area contributed by atoms with Crippen LogP contribution in [-0.4, -0.2) is 56.6 Å². The number of carboxylic acid groups (broad SMARTS) is 1. The van der Waals surface area contributed by atoms with Gasteiger partial charge in [0.2, 0.25) is 0 Å². The van der Waals surface area contributed by atoms with Crippen molar-refractivity contribution in [1.82, 2.24) is 4.57 Å². The number of thiophene rings is 1. The van der Waals surface area contributed by atoms with Gasteiger partial charge in [-0.25, -0.2) is 13.2 Å². The van der Waals surface area contributed by atoms with Crippen LogP contribution in [0.25, 0.3) is 32.6 Å². The third-order valence-electron chi connectivity index (χ3n) is 7.50. The molecule has 5 aromatic rings. The number of carboxylic acids is 1. The molecule has 6 rings (SSSR count). The van der Waals surface area contributed by atoms with Gasteiger partial charge < -0.3 is 24.0 Å². The summed E-state index contributed by atoms with van der Waals surface area (Å²) in [6, 6.07) is 24.7. The molecule has 0 saturated carbocycles. The van der Waals surface area contributed by atoms with Crippen molar-refractivity contribution in [2.45, 2.75) is 11.5 Å². The minimum Gasteiger partial charge on any atom is -0.489 e. The van der Waals surface area contributed by atoms with E-state index < -0.39 is 15.8 Å². The van der Waals surface area contributed by atoms with Gasteiger partial charge in [-0.2, -0.15) is 0 Å². The van der Waals surface area contributed by atoms with Crippen LogP contribution >= 0.6 is 23.7 Å². The summed E-state index contributed by atoms with van der Waals surface area (Å²) in [5, 5.41) is 9.60. The molecular formula is C32H31ClN2O6S2. The smallest absolute Gasteiger partial charge is 0.345 e. The van der Waals surface area contributed by atoms with Gasteiger partial charge in [-0.15, -0.1) is 23.7 Å². The molecule has 11 heteroatoms. The average Bonchev–Trinajstić information content (AvgIpc) is 3.55. The van der Waals surface area contributed by atoms with Crippen molar-refractivity contribution in [3.63, 3.8) is 0 Å². The Bertz CT molecular complexity index is 1880. The minimum absolute atomic E-state index is 0. The van der Waals surface area contributed by atoms with E-state index in [-0.39, 0.29) is 23.9 Å². The van der Waals surface area contributed by atoms with Crippen LogP contribution in [0.2, 0.25) is 0 Å². The maximum Gasteiger partial charge on any atom is 0.345 e. The Morgan fingerprint density at radius 1 is 0.977 bits per heavy atom. The molecule has 0 unspecified atom stereocenters. The van der Waals surface area contributed by atoms with Gasteiger partial charge in [-0.1, -0.05) is 30.3 Å². The number of benzene rings is 3. The summed E-state index contributed by atoms with van der Waals surface area (Å²) in [7, 11) is -1.42. The molecular weight excluding hydrogens is 608 g/mol. The van der Waals surface area contributed by atoms with E-state index in [1.165, 1.54) is 17.6 Å². The SMILES string of the molecule is Cl.Cn1c(-c2ccc(OCc3cc(S(C)(=O)=O)ccc3N3CCOCC3)cc2)c(-c2ccccc2)c2sc(C(=O)O)cc21. The normalized spacial score (nSPS) is 13.6. The molecule has 0 aliphatic carbocycles. The number of fused-ring (bicyclic) bond motifs is 1. The fourth-order valence-corrected chi connectivity index (χ4v) is 7.18. The Morgan fingerprint density at radius 2 is 1.67 bits per heavy atom. The Labute approximate surface area is 260 Å². The monoisotopic (exact) mass is 638 g/mol. The number of hydrogen-bond acceptors (Lipinski definition) is 7. The Hall–Kier alpha value is -3.83. The first kappa shape index (κ1) is 30.6. The number of aryl methyl sites for hydroxylation is 1. The summed E-state index contributed by atoms with van der Waals surface area (Å²) in [4.78, 5) is 14.5. The zero-order valence-corrected chi connectivity index (χ0v) is 26.1. The number of hydrogen-bond donors (Lipinski definition) is 1. The summed E-state index contributed by atoms with van der Waals surface area (Å²) >= 11 is 1.28. The lowest BCUT2D eigenvalue weighted by atomic mass is 10.0. The molecule has 0 spiro atoms. The molecule has 1 aliphatic heterocycles. The van der Waals surface area contributed by atoms with Gasteiger partial charge in [0.05, 0.1) is 34.0 Å². The van der Waals surface area contributed by atoms with Gasteiger partial charge in [0.15, 0.2) is 9.84 Å². The molecule has 1 N–H and O–H groups in total. The largest absolute Gasteiger partial charge is 0.489 e. The van der Waals surface area contributed by atoms with Crippen LogP contribution in [0.1, 0.15) is 15.2 Å². The van der Waals surface area contributed by atoms with Gasteiger partial charge in [0, 0.05) is 43.2 Å². The zero-order chi connectivity index (χ0) is 29.4. The topological polar surface area (TPSA) is 98.1 Å². The van der Waals surface area contributed by atoms with Crippen molar-refractivity contribution in [2.24, 2.45) is 7.05 Å². The summed E-state index contributed by atoms with van der Waals surface area (Å²) in [5.41, 5.74) is 6.57. The van der Waals surface area contributed by atoms with E-state index in [9.17, 15) is 18.3 Å². The third kappa shape index (κ3) is 6.14. The number of ether oxygens (including phenoxy) is 2. The molecule has 2 aromatic heterocycles. The lowest BCUT2D eigenvalue weighted by Crippen LogP contribution is -2.36. The number of rotatable bonds is 8. The Balaban J connectivity index is 0.00000368. The lowest BCUT2D eigenvalue weighted by Gasteiger charge is -2.30. The van der Waals surface area contributed by atoms with Gasteiger partial charge in [0.25, 0.3) is 0 Å². The van der Waals surface area contributed by atoms with Crippen LogP contribution in [0.15, 0.2) is 83.8 Å². The molecule has 0 bridgehead atoms. The summed E-state index contributed by atoms with van der Waals surface area (Å²) < 4.78 is 39.2. The number of nitrogens with zero attached hydrogens (tertiary/aromatic N) is 2. The predicted octanol–water partition coefficient (Wildman–Crippen LogP) is 6.51. The van der Waals surface area contributed by atoms with Crippen molar-refractivity contribution in [3.05, 3.63) is 89.3 Å². The molecule has 1 aliphatic rings. The molecule has 3 heterocycles. The van der Waals surface area contributed by atoms with E-state index in [1.54, 1.807) is 18.2 Å². The highest BCUT2D eigenvalue weighted by molar-refractivity contribution is 7.90. The van der Waals surface area contributed by atoms with Crippen LogP contribution in [0.3, 0.4) is 0 Å². The van der Waals surface area contributed by atoms with E-state index in [1.807, 2.05) is 72.3 Å². The molecule has 3 aromatic carbocycles. The van der Waals surface area contributed by atoms with Crippen molar-refractivity contribution < 1.29 is 27.8 Å². The van der Waals surface area contributed by atoms with Gasteiger partial charge in [-0.05, 0) is 59.7 Å². The highest BCUT2D eigenvalue weighted by Crippen LogP contribution is 2.44. The first-order valence-electron chi connectivity index (χ1n) is 13.5. The number of aromatic carboxylic acids is 1. The van der Waals surface area contributed by atoms with Crippen molar-refractivity contribution in [3.8, 4) is 28.1 Å². The van der Waals surface area contributed by atoms with Crippen LogP contribution < -0.4 is 9.64 Å². The molecule has 0 radical (unpaired) electrons. The zero-order valence-electron chi connectivity index (χ0n) is 23.6.